The number of carbonyl (C=O) groups excluding carboxylic acids is 2. The Morgan fingerprint density at radius 3 is 1.67 bits per heavy atom. The Morgan fingerprint density at radius 1 is 0.697 bits per heavy atom. The average molecular weight is 462 g/mol. The van der Waals surface area contributed by atoms with Crippen LogP contribution in [0.3, 0.4) is 0 Å². The van der Waals surface area contributed by atoms with Crippen LogP contribution in [0.5, 0.6) is 11.5 Å². The number of thiophene rings is 1. The number of ether oxygens (including phenoxy) is 4. The molecule has 0 spiro atoms. The predicted molar refractivity (Wildman–Crippen MR) is 125 cm³/mol. The van der Waals surface area contributed by atoms with Crippen LogP contribution in [-0.4, -0.2) is 37.4 Å². The van der Waals surface area contributed by atoms with Gasteiger partial charge in [0.05, 0.1) is 24.0 Å². The Morgan fingerprint density at radius 2 is 1.21 bits per heavy atom. The predicted octanol–water partition coefficient (Wildman–Crippen LogP) is 5.12. The smallest absolute Gasteiger partial charge is 0.347 e. The molecule has 2 saturated heterocycles. The van der Waals surface area contributed by atoms with Gasteiger partial charge in [0.25, 0.3) is 0 Å². The van der Waals surface area contributed by atoms with Crippen molar-refractivity contribution in [1.29, 1.82) is 0 Å². The number of fused-ring (bicyclic) bond motifs is 3. The molecule has 6 rings (SSSR count). The molecule has 4 aromatic rings. The summed E-state index contributed by atoms with van der Waals surface area (Å²) in [6, 6.07) is 22.4. The third-order valence-electron chi connectivity index (χ3n) is 5.94. The molecule has 0 bridgehead atoms. The number of cyclic esters (lactones) is 2. The van der Waals surface area contributed by atoms with Crippen molar-refractivity contribution in [1.82, 2.24) is 0 Å². The van der Waals surface area contributed by atoms with Crippen molar-refractivity contribution in [2.75, 3.05) is 13.2 Å². The first-order chi connectivity index (χ1) is 16.2. The highest BCUT2D eigenvalue weighted by Gasteiger charge is 2.31. The van der Waals surface area contributed by atoms with Crippen LogP contribution in [0.2, 0.25) is 0 Å². The third kappa shape index (κ3) is 3.58. The molecular weight excluding hydrogens is 440 g/mol. The van der Waals surface area contributed by atoms with Crippen molar-refractivity contribution in [3.63, 3.8) is 0 Å². The molecule has 1 aromatic heterocycles. The molecule has 166 valence electrons. The summed E-state index contributed by atoms with van der Waals surface area (Å²) in [6.07, 6.45) is -0.0362. The SMILES string of the molecule is O=C1OCCC1Oc1ccc2c(c1)c1cc(OC3CCOC3=O)ccc1[s+]2-c1ccccc1. The molecule has 3 aromatic carbocycles. The summed E-state index contributed by atoms with van der Waals surface area (Å²) < 4.78 is 24.4. The Hall–Kier alpha value is -3.58. The second-order valence-corrected chi connectivity index (χ2v) is 10.0. The van der Waals surface area contributed by atoms with Gasteiger partial charge in [-0.2, -0.15) is 0 Å². The van der Waals surface area contributed by atoms with Crippen LogP contribution >= 0.6 is 10.5 Å². The summed E-state index contributed by atoms with van der Waals surface area (Å²) in [7, 11) is -0.273. The summed E-state index contributed by atoms with van der Waals surface area (Å²) >= 11 is 0. The molecule has 2 aliphatic rings. The van der Waals surface area contributed by atoms with E-state index in [1.54, 1.807) is 0 Å². The Labute approximate surface area is 192 Å². The van der Waals surface area contributed by atoms with E-state index in [9.17, 15) is 9.59 Å². The van der Waals surface area contributed by atoms with E-state index in [-0.39, 0.29) is 22.4 Å². The van der Waals surface area contributed by atoms with Gasteiger partial charge in [-0.1, -0.05) is 18.2 Å². The van der Waals surface area contributed by atoms with E-state index in [1.165, 1.54) is 14.3 Å². The van der Waals surface area contributed by atoms with Gasteiger partial charge in [0.15, 0.2) is 26.5 Å². The van der Waals surface area contributed by atoms with Crippen LogP contribution < -0.4 is 9.47 Å². The zero-order chi connectivity index (χ0) is 22.4. The highest BCUT2D eigenvalue weighted by Crippen LogP contribution is 2.50. The lowest BCUT2D eigenvalue weighted by Crippen LogP contribution is -2.21. The fourth-order valence-electron chi connectivity index (χ4n) is 4.37. The normalized spacial score (nSPS) is 20.8. The van der Waals surface area contributed by atoms with Gasteiger partial charge in [0.1, 0.15) is 11.5 Å². The Kier molecular flexibility index (Phi) is 4.91. The number of hydrogen-bond donors (Lipinski definition) is 0. The second kappa shape index (κ2) is 8.08. The molecule has 0 N–H and O–H groups in total. The maximum Gasteiger partial charge on any atom is 0.347 e. The minimum Gasteiger partial charge on any atom is -0.479 e. The molecule has 0 amide bonds. The maximum absolute atomic E-state index is 11.9. The molecule has 0 aliphatic carbocycles. The minimum absolute atomic E-state index is 0.273. The second-order valence-electron chi connectivity index (χ2n) is 8.06. The van der Waals surface area contributed by atoms with Gasteiger partial charge >= 0.3 is 11.9 Å². The highest BCUT2D eigenvalue weighted by molar-refractivity contribution is 7.50. The van der Waals surface area contributed by atoms with Crippen molar-refractivity contribution in [3.05, 3.63) is 66.7 Å². The number of hydrogen-bond acceptors (Lipinski definition) is 6. The third-order valence-corrected chi connectivity index (χ3v) is 8.28. The first-order valence-corrected chi connectivity index (χ1v) is 12.1. The van der Waals surface area contributed by atoms with Crippen LogP contribution in [0.15, 0.2) is 66.7 Å². The van der Waals surface area contributed by atoms with E-state index in [0.717, 1.165) is 10.8 Å². The fourth-order valence-corrected chi connectivity index (χ4v) is 6.73. The Bertz CT molecular complexity index is 1290. The number of carbonyl (C=O) groups is 2. The van der Waals surface area contributed by atoms with Crippen molar-refractivity contribution in [2.24, 2.45) is 0 Å². The molecule has 2 atom stereocenters. The summed E-state index contributed by atoms with van der Waals surface area (Å²) in [5.74, 6) is 0.624. The molecule has 0 saturated carbocycles. The summed E-state index contributed by atoms with van der Waals surface area (Å²) in [4.78, 5) is 25.0. The highest BCUT2D eigenvalue weighted by atomic mass is 32.2. The van der Waals surface area contributed by atoms with Gasteiger partial charge in [-0.25, -0.2) is 9.59 Å². The monoisotopic (exact) mass is 461 g/mol. The van der Waals surface area contributed by atoms with Crippen molar-refractivity contribution >= 4 is 42.6 Å². The van der Waals surface area contributed by atoms with Gasteiger partial charge in [-0.05, 0) is 36.4 Å². The van der Waals surface area contributed by atoms with Crippen molar-refractivity contribution in [3.8, 4) is 16.4 Å². The van der Waals surface area contributed by atoms with E-state index in [0.29, 0.717) is 37.6 Å². The van der Waals surface area contributed by atoms with E-state index >= 15 is 0 Å². The zero-order valence-electron chi connectivity index (χ0n) is 17.7. The van der Waals surface area contributed by atoms with Crippen LogP contribution in [0.4, 0.5) is 0 Å². The summed E-state index contributed by atoms with van der Waals surface area (Å²) in [6.45, 7) is 0.776. The average Bonchev–Trinajstić information content (AvgIpc) is 3.52. The standard InChI is InChI=1S/C26H21O6S/c27-25-21(10-12-29-25)31-16-6-8-23-19(14-16)20-15-17(32-22-11-13-30-26(22)28)7-9-24(20)33(23)18-4-2-1-3-5-18/h1-9,14-15,21-22H,10-13H2/q+1. The molecular formula is C26H21O6S+. The molecule has 3 heterocycles. The summed E-state index contributed by atoms with van der Waals surface area (Å²) in [5, 5.41) is 2.08. The fraction of sp³-hybridized carbons (Fsp3) is 0.231. The number of benzene rings is 3. The molecule has 0 radical (unpaired) electrons. The van der Waals surface area contributed by atoms with E-state index in [2.05, 4.69) is 24.3 Å². The van der Waals surface area contributed by atoms with Crippen LogP contribution in [0, 0.1) is 0 Å². The molecule has 2 aliphatic heterocycles. The maximum atomic E-state index is 11.9. The first kappa shape index (κ1) is 20.1. The molecule has 6 nitrogen and oxygen atoms in total. The van der Waals surface area contributed by atoms with Crippen molar-refractivity contribution in [2.45, 2.75) is 25.0 Å². The van der Waals surface area contributed by atoms with Crippen molar-refractivity contribution < 1.29 is 28.5 Å². The molecule has 33 heavy (non-hydrogen) atoms. The number of esters is 2. The van der Waals surface area contributed by atoms with Gasteiger partial charge in [-0.15, -0.1) is 0 Å². The molecule has 7 heteroatoms. The van der Waals surface area contributed by atoms with Crippen LogP contribution in [0.1, 0.15) is 12.8 Å². The topological polar surface area (TPSA) is 71.1 Å². The quantitative estimate of drug-likeness (QED) is 0.304. The van der Waals surface area contributed by atoms with Gasteiger partial charge in [-0.3, -0.25) is 0 Å². The lowest BCUT2D eigenvalue weighted by Gasteiger charge is -2.10. The van der Waals surface area contributed by atoms with Gasteiger partial charge in [0, 0.05) is 35.4 Å². The van der Waals surface area contributed by atoms with Gasteiger partial charge < -0.3 is 18.9 Å². The minimum atomic E-state index is -0.570. The number of rotatable bonds is 5. The van der Waals surface area contributed by atoms with Gasteiger partial charge in [0.2, 0.25) is 0 Å². The van der Waals surface area contributed by atoms with Crippen LogP contribution in [-0.2, 0) is 19.1 Å². The Balaban J connectivity index is 1.48. The van der Waals surface area contributed by atoms with E-state index in [1.807, 2.05) is 42.5 Å². The zero-order valence-corrected chi connectivity index (χ0v) is 18.5. The summed E-state index contributed by atoms with van der Waals surface area (Å²) in [5.41, 5.74) is 0. The molecule has 2 fully saturated rings. The lowest BCUT2D eigenvalue weighted by atomic mass is 10.1. The van der Waals surface area contributed by atoms with E-state index < -0.39 is 12.2 Å². The lowest BCUT2D eigenvalue weighted by molar-refractivity contribution is -0.144. The largest absolute Gasteiger partial charge is 0.479 e. The first-order valence-electron chi connectivity index (χ1n) is 10.9. The molecule has 2 unspecified atom stereocenters. The van der Waals surface area contributed by atoms with Crippen LogP contribution in [0.25, 0.3) is 25.1 Å². The van der Waals surface area contributed by atoms with E-state index in [4.69, 9.17) is 18.9 Å².